The third kappa shape index (κ3) is 3.09. The van der Waals surface area contributed by atoms with Gasteiger partial charge in [-0.05, 0) is 40.2 Å². The Balaban J connectivity index is 2.07. The maximum absolute atomic E-state index is 12.2. The van der Waals surface area contributed by atoms with Crippen molar-refractivity contribution in [1.29, 1.82) is 0 Å². The summed E-state index contributed by atoms with van der Waals surface area (Å²) in [6.07, 6.45) is 1.99. The molecule has 0 unspecified atom stereocenters. The molecule has 134 valence electrons. The van der Waals surface area contributed by atoms with E-state index in [1.54, 1.807) is 0 Å². The fraction of sp³-hybridized carbons (Fsp3) is 0.444. The van der Waals surface area contributed by atoms with Crippen molar-refractivity contribution in [3.8, 4) is 0 Å². The van der Waals surface area contributed by atoms with Crippen LogP contribution in [0.25, 0.3) is 5.70 Å². The van der Waals surface area contributed by atoms with E-state index in [1.165, 1.54) is 17.7 Å². The number of rotatable bonds is 4. The van der Waals surface area contributed by atoms with Gasteiger partial charge in [0, 0.05) is 11.3 Å². The van der Waals surface area contributed by atoms with Crippen molar-refractivity contribution in [1.82, 2.24) is 4.98 Å². The number of primary amides is 1. The van der Waals surface area contributed by atoms with Crippen LogP contribution in [-0.4, -0.2) is 16.5 Å². The lowest BCUT2D eigenvalue weighted by molar-refractivity contribution is -0.135. The summed E-state index contributed by atoms with van der Waals surface area (Å²) in [5.74, 6) is 0.0909. The number of aryl methyl sites for hydroxylation is 1. The summed E-state index contributed by atoms with van der Waals surface area (Å²) < 4.78 is 11.6. The lowest BCUT2D eigenvalue weighted by atomic mass is 9.86. The number of amides is 1. The van der Waals surface area contributed by atoms with Gasteiger partial charge in [0.2, 0.25) is 0 Å². The molecule has 6 nitrogen and oxygen atoms in total. The number of anilines is 1. The topological polar surface area (TPSA) is 90.4 Å². The Hall–Kier alpha value is -2.12. The van der Waals surface area contributed by atoms with Gasteiger partial charge in [-0.25, -0.2) is 4.98 Å². The molecule has 0 saturated heterocycles. The van der Waals surface area contributed by atoms with Crippen molar-refractivity contribution < 1.29 is 13.9 Å². The third-order valence-electron chi connectivity index (χ3n) is 4.22. The quantitative estimate of drug-likeness (QED) is 0.864. The Labute approximate surface area is 151 Å². The second-order valence-electron chi connectivity index (χ2n) is 7.40. The van der Waals surface area contributed by atoms with Crippen LogP contribution in [0.1, 0.15) is 59.9 Å². The Morgan fingerprint density at radius 3 is 2.64 bits per heavy atom. The van der Waals surface area contributed by atoms with Crippen molar-refractivity contribution >= 4 is 27.9 Å². The van der Waals surface area contributed by atoms with Crippen LogP contribution in [0.5, 0.6) is 0 Å². The lowest BCUT2D eigenvalue weighted by Gasteiger charge is -2.41. The molecule has 0 spiro atoms. The minimum atomic E-state index is -0.505. The molecule has 3 rings (SSSR count). The molecule has 25 heavy (non-hydrogen) atoms. The Morgan fingerprint density at radius 1 is 1.40 bits per heavy atom. The fourth-order valence-corrected chi connectivity index (χ4v) is 4.74. The molecule has 1 aliphatic rings. The Bertz CT molecular complexity index is 861. The third-order valence-corrected chi connectivity index (χ3v) is 5.67. The Kier molecular flexibility index (Phi) is 4.04. The van der Waals surface area contributed by atoms with E-state index in [0.717, 1.165) is 16.1 Å². The molecule has 3 heterocycles. The van der Waals surface area contributed by atoms with Crippen LogP contribution in [0.2, 0.25) is 0 Å². The molecular formula is C18H23N3O3S. The zero-order valence-electron chi connectivity index (χ0n) is 15.1. The minimum Gasteiger partial charge on any atom is -0.442 e. The first-order valence-corrected chi connectivity index (χ1v) is 8.86. The summed E-state index contributed by atoms with van der Waals surface area (Å²) in [6.45, 7) is 13.9. The van der Waals surface area contributed by atoms with Gasteiger partial charge in [-0.2, -0.15) is 0 Å². The van der Waals surface area contributed by atoms with Gasteiger partial charge in [0.05, 0.1) is 28.2 Å². The fourth-order valence-electron chi connectivity index (χ4n) is 3.45. The van der Waals surface area contributed by atoms with Gasteiger partial charge in [-0.1, -0.05) is 6.58 Å². The number of ether oxygens (including phenoxy) is 1. The van der Waals surface area contributed by atoms with Crippen LogP contribution in [-0.2, 0) is 16.8 Å². The normalized spacial score (nSPS) is 17.8. The highest BCUT2D eigenvalue weighted by Gasteiger charge is 2.42. The number of carbonyl (C=O) groups excluding carboxylic acids is 1. The number of nitrogens with one attached hydrogen (secondary N) is 1. The van der Waals surface area contributed by atoms with Gasteiger partial charge in [0.15, 0.2) is 12.2 Å². The summed E-state index contributed by atoms with van der Waals surface area (Å²) >= 11 is 1.47. The van der Waals surface area contributed by atoms with Crippen LogP contribution in [0, 0.1) is 6.92 Å². The maximum atomic E-state index is 12.2. The van der Waals surface area contributed by atoms with Gasteiger partial charge < -0.3 is 20.2 Å². The van der Waals surface area contributed by atoms with E-state index in [2.05, 4.69) is 16.9 Å². The molecule has 0 aliphatic carbocycles. The highest BCUT2D eigenvalue weighted by atomic mass is 32.1. The number of hydrogen-bond donors (Lipinski definition) is 2. The average molecular weight is 361 g/mol. The SMILES string of the molecule is C=C(Nc1sc2c(c1C(N)=O)CC(C)(C)OC2(C)C)c1ocnc1C. The molecule has 1 aliphatic heterocycles. The number of hydrogen-bond acceptors (Lipinski definition) is 6. The molecule has 0 saturated carbocycles. The standard InChI is InChI=1S/C18H23N3O3S/c1-9-13(23-8-20-9)10(2)21-16-12(15(19)22)11-7-17(3,4)24-18(5,6)14(11)25-16/h8,21H,2,7H2,1,3-6H3,(H2,19,22). The van der Waals surface area contributed by atoms with E-state index in [0.29, 0.717) is 28.4 Å². The summed E-state index contributed by atoms with van der Waals surface area (Å²) in [5, 5.41) is 3.85. The molecule has 0 bridgehead atoms. The van der Waals surface area contributed by atoms with Gasteiger partial charge in [-0.15, -0.1) is 11.3 Å². The van der Waals surface area contributed by atoms with Crippen molar-refractivity contribution in [2.24, 2.45) is 5.73 Å². The van der Waals surface area contributed by atoms with Crippen LogP contribution >= 0.6 is 11.3 Å². The van der Waals surface area contributed by atoms with Crippen molar-refractivity contribution in [3.05, 3.63) is 40.4 Å². The first-order chi connectivity index (χ1) is 11.5. The van der Waals surface area contributed by atoms with Crippen LogP contribution < -0.4 is 11.1 Å². The summed E-state index contributed by atoms with van der Waals surface area (Å²) in [4.78, 5) is 17.3. The number of nitrogens with zero attached hydrogens (tertiary/aromatic N) is 1. The molecule has 3 N–H and O–H groups in total. The van der Waals surface area contributed by atoms with Gasteiger partial charge in [0.25, 0.3) is 5.91 Å². The predicted molar refractivity (Wildman–Crippen MR) is 98.6 cm³/mol. The van der Waals surface area contributed by atoms with E-state index in [4.69, 9.17) is 14.9 Å². The number of nitrogens with two attached hydrogens (primary N) is 1. The highest BCUT2D eigenvalue weighted by Crippen LogP contribution is 2.48. The second-order valence-corrected chi connectivity index (χ2v) is 8.42. The maximum Gasteiger partial charge on any atom is 0.251 e. The molecule has 0 atom stereocenters. The zero-order chi connectivity index (χ0) is 18.6. The first kappa shape index (κ1) is 17.7. The first-order valence-electron chi connectivity index (χ1n) is 8.04. The van der Waals surface area contributed by atoms with E-state index >= 15 is 0 Å². The minimum absolute atomic E-state index is 0.377. The molecule has 0 aromatic carbocycles. The molecule has 7 heteroatoms. The molecule has 0 radical (unpaired) electrons. The van der Waals surface area contributed by atoms with E-state index in [1.807, 2.05) is 34.6 Å². The lowest BCUT2D eigenvalue weighted by Crippen LogP contribution is -2.42. The number of thiophene rings is 1. The number of carbonyl (C=O) groups is 1. The number of oxazole rings is 1. The monoisotopic (exact) mass is 361 g/mol. The van der Waals surface area contributed by atoms with Crippen LogP contribution in [0.3, 0.4) is 0 Å². The molecule has 2 aromatic heterocycles. The molecule has 0 fully saturated rings. The second kappa shape index (κ2) is 5.71. The Morgan fingerprint density at radius 2 is 2.08 bits per heavy atom. The van der Waals surface area contributed by atoms with Gasteiger partial charge in [0.1, 0.15) is 5.00 Å². The average Bonchev–Trinajstić information content (AvgIpc) is 3.00. The van der Waals surface area contributed by atoms with Crippen LogP contribution in [0.15, 0.2) is 17.4 Å². The van der Waals surface area contributed by atoms with Crippen LogP contribution in [0.4, 0.5) is 5.00 Å². The van der Waals surface area contributed by atoms with E-state index in [9.17, 15) is 4.79 Å². The number of aromatic nitrogens is 1. The molecule has 2 aromatic rings. The summed E-state index contributed by atoms with van der Waals surface area (Å²) in [5.41, 5.74) is 7.54. The molecular weight excluding hydrogens is 338 g/mol. The summed E-state index contributed by atoms with van der Waals surface area (Å²) in [7, 11) is 0. The van der Waals surface area contributed by atoms with E-state index < -0.39 is 11.5 Å². The van der Waals surface area contributed by atoms with Gasteiger partial charge >= 0.3 is 0 Å². The van der Waals surface area contributed by atoms with E-state index in [-0.39, 0.29) is 5.60 Å². The van der Waals surface area contributed by atoms with Crippen molar-refractivity contribution in [2.45, 2.75) is 52.2 Å². The molecule has 1 amide bonds. The highest BCUT2D eigenvalue weighted by molar-refractivity contribution is 7.17. The smallest absolute Gasteiger partial charge is 0.251 e. The van der Waals surface area contributed by atoms with Gasteiger partial charge in [-0.3, -0.25) is 4.79 Å². The summed E-state index contributed by atoms with van der Waals surface area (Å²) in [6, 6.07) is 0. The van der Waals surface area contributed by atoms with Crippen molar-refractivity contribution in [3.63, 3.8) is 0 Å². The zero-order valence-corrected chi connectivity index (χ0v) is 16.0. The largest absolute Gasteiger partial charge is 0.442 e. The predicted octanol–water partition coefficient (Wildman–Crippen LogP) is 3.81. The number of fused-ring (bicyclic) bond motifs is 1. The van der Waals surface area contributed by atoms with Crippen molar-refractivity contribution in [2.75, 3.05) is 5.32 Å².